The normalized spacial score (nSPS) is 12.6. The molecule has 0 spiro atoms. The van der Waals surface area contributed by atoms with E-state index in [1.54, 1.807) is 0 Å². The first-order valence-corrected chi connectivity index (χ1v) is 42.3. The number of anilines is 6. The fourth-order valence-corrected chi connectivity index (χ4v) is 19.8. The van der Waals surface area contributed by atoms with Gasteiger partial charge in [0.1, 0.15) is 0 Å². The van der Waals surface area contributed by atoms with E-state index in [0.717, 1.165) is 112 Å². The number of hydrogen-bond donors (Lipinski definition) is 0. The Labute approximate surface area is 713 Å². The minimum Gasteiger partial charge on any atom is -0.310 e. The van der Waals surface area contributed by atoms with Crippen LogP contribution in [0.2, 0.25) is 0 Å². The first-order chi connectivity index (χ1) is 60.5. The summed E-state index contributed by atoms with van der Waals surface area (Å²) in [6, 6.07) is 185. The summed E-state index contributed by atoms with van der Waals surface area (Å²) < 4.78 is 0. The second-order valence-electron chi connectivity index (χ2n) is 32.1. The van der Waals surface area contributed by atoms with Crippen LogP contribution in [0.4, 0.5) is 34.1 Å². The van der Waals surface area contributed by atoms with Crippen molar-refractivity contribution in [3.05, 3.63) is 542 Å². The molecule has 0 atom stereocenters. The lowest BCUT2D eigenvalue weighted by atomic mass is 9.67. The van der Waals surface area contributed by atoms with E-state index in [4.69, 9.17) is 0 Å². The van der Waals surface area contributed by atoms with E-state index >= 15 is 0 Å². The summed E-state index contributed by atoms with van der Waals surface area (Å²) in [6.07, 6.45) is 0. The number of fused-ring (bicyclic) bond motifs is 7. The topological polar surface area (TPSA) is 6.48 Å². The lowest BCUT2D eigenvalue weighted by Gasteiger charge is -2.35. The molecule has 2 aliphatic rings. The summed E-state index contributed by atoms with van der Waals surface area (Å²) in [5.74, 6) is 0. The lowest BCUT2D eigenvalue weighted by molar-refractivity contribution is 0.768. The van der Waals surface area contributed by atoms with Crippen LogP contribution in [-0.4, -0.2) is 0 Å². The third kappa shape index (κ3) is 12.6. The van der Waals surface area contributed by atoms with Crippen LogP contribution in [0.25, 0.3) is 122 Å². The smallest absolute Gasteiger partial charge is 0.0714 e. The molecule has 0 aliphatic heterocycles. The van der Waals surface area contributed by atoms with E-state index in [1.165, 1.54) is 88.7 Å². The van der Waals surface area contributed by atoms with Crippen molar-refractivity contribution in [2.75, 3.05) is 9.80 Å². The molecule has 0 fully saturated rings. The molecule has 0 bridgehead atoms. The zero-order valence-corrected chi connectivity index (χ0v) is 67.2. The van der Waals surface area contributed by atoms with Gasteiger partial charge in [-0.25, -0.2) is 0 Å². The van der Waals surface area contributed by atoms with Crippen LogP contribution in [0.5, 0.6) is 0 Å². The Morgan fingerprint density at radius 3 is 0.861 bits per heavy atom. The first-order valence-electron chi connectivity index (χ1n) is 42.3. The number of hydrogen-bond acceptors (Lipinski definition) is 2. The Morgan fingerprint density at radius 2 is 0.418 bits per heavy atom. The van der Waals surface area contributed by atoms with Crippen molar-refractivity contribution in [2.24, 2.45) is 0 Å². The van der Waals surface area contributed by atoms with Gasteiger partial charge in [0.15, 0.2) is 0 Å². The molecule has 0 saturated carbocycles. The molecule has 0 saturated heterocycles. The van der Waals surface area contributed by atoms with E-state index in [0.29, 0.717) is 0 Å². The van der Waals surface area contributed by atoms with Crippen LogP contribution in [-0.2, 0) is 10.8 Å². The first kappa shape index (κ1) is 72.7. The minimum absolute atomic E-state index is 0.584. The number of benzene rings is 20. The highest BCUT2D eigenvalue weighted by Crippen LogP contribution is 2.61. The quantitative estimate of drug-likeness (QED) is 0.0845. The summed E-state index contributed by atoms with van der Waals surface area (Å²) in [5, 5.41) is 2.35. The third-order valence-electron chi connectivity index (χ3n) is 25.4. The van der Waals surface area contributed by atoms with Gasteiger partial charge in [-0.15, -0.1) is 0 Å². The largest absolute Gasteiger partial charge is 0.310 e. The van der Waals surface area contributed by atoms with Gasteiger partial charge in [0.2, 0.25) is 0 Å². The van der Waals surface area contributed by atoms with Crippen molar-refractivity contribution < 1.29 is 0 Å². The highest BCUT2D eigenvalue weighted by molar-refractivity contribution is 6.03. The molecule has 2 heteroatoms. The van der Waals surface area contributed by atoms with Crippen LogP contribution < -0.4 is 9.80 Å². The molecule has 0 heterocycles. The van der Waals surface area contributed by atoms with Gasteiger partial charge in [0.05, 0.1) is 22.2 Å². The SMILES string of the molecule is c1ccc(-c2ccc(N(c3ccc4c(c3)C(c3ccccc3)(c3ccccc3)c3ccccc3-4)c3c(-c4ccccc4)cc(-c4cccc(-c5ccc6cc(-c7ccc(N(c8ccc9c(c8)C(c8ccccc8)(c8ccccc8)c8ccccc8-9)c8ccc(-c9ccccc9)cc8-c8ccccc8)cc7)ccc6c5)c4)cc3-c3ccccc3)cc2)cc1. The summed E-state index contributed by atoms with van der Waals surface area (Å²) in [4.78, 5) is 5.03. The van der Waals surface area contributed by atoms with E-state index in [1.807, 2.05) is 0 Å². The maximum Gasteiger partial charge on any atom is 0.0714 e. The fraction of sp³-hybridized carbons (Fsp3) is 0.0167. The second-order valence-corrected chi connectivity index (χ2v) is 32.1. The molecule has 0 radical (unpaired) electrons. The van der Waals surface area contributed by atoms with Crippen molar-refractivity contribution in [2.45, 2.75) is 10.8 Å². The second kappa shape index (κ2) is 31.0. The average molecular weight is 1550 g/mol. The monoisotopic (exact) mass is 1550 g/mol. The summed E-state index contributed by atoms with van der Waals surface area (Å²) in [7, 11) is 0. The molecule has 572 valence electrons. The maximum atomic E-state index is 2.54. The molecule has 0 aromatic heterocycles. The fourth-order valence-electron chi connectivity index (χ4n) is 19.8. The molecule has 2 nitrogen and oxygen atoms in total. The van der Waals surface area contributed by atoms with E-state index < -0.39 is 10.8 Å². The molecule has 20 aromatic carbocycles. The van der Waals surface area contributed by atoms with Gasteiger partial charge in [-0.2, -0.15) is 0 Å². The molecular formula is C120H82N2. The molecule has 2 aliphatic carbocycles. The van der Waals surface area contributed by atoms with Crippen molar-refractivity contribution >= 4 is 44.9 Å². The zero-order valence-electron chi connectivity index (χ0n) is 67.2. The van der Waals surface area contributed by atoms with Gasteiger partial charge in [-0.05, 0) is 241 Å². The van der Waals surface area contributed by atoms with Crippen LogP contribution >= 0.6 is 0 Å². The third-order valence-corrected chi connectivity index (χ3v) is 25.4. The lowest BCUT2D eigenvalue weighted by Crippen LogP contribution is -2.28. The van der Waals surface area contributed by atoms with Gasteiger partial charge in [-0.3, -0.25) is 0 Å². The molecule has 20 aromatic rings. The Kier molecular flexibility index (Phi) is 18.4. The molecule has 0 amide bonds. The van der Waals surface area contributed by atoms with Crippen molar-refractivity contribution in [3.63, 3.8) is 0 Å². The molecule has 22 rings (SSSR count). The van der Waals surface area contributed by atoms with Gasteiger partial charge >= 0.3 is 0 Å². The standard InChI is InChI=1S/C120H82N2/c1-10-33-83(34-11-1)85-61-68-103(69-62-85)122(105-71-73-109-107-54-29-31-56-114(107)120(116(109)82-105,100-49-24-8-25-50-100)101-51-26-9-27-52-101)118-111(88-39-16-4-17-40-88)79-97(80-112(118)89-41-18-5-19-42-89)91-44-32-43-90(75-91)93-59-60-94-76-92(57-58-95(94)77-93)86-63-66-102(67-64-86)121(117-74-65-96(84-35-12-2-13-36-84)78-110(117)87-37-14-3-15-38-87)104-70-72-108-106-53-28-30-55-113(106)119(115(108)81-104,98-45-20-6-21-46-98)99-47-22-7-23-48-99/h1-82H. The molecule has 122 heavy (non-hydrogen) atoms. The Bertz CT molecular complexity index is 7100. The Balaban J connectivity index is 0.649. The van der Waals surface area contributed by atoms with Gasteiger partial charge in [-0.1, -0.05) is 406 Å². The average Bonchev–Trinajstić information content (AvgIpc) is 1.53. The van der Waals surface area contributed by atoms with E-state index in [9.17, 15) is 0 Å². The highest BCUT2D eigenvalue weighted by Gasteiger charge is 2.48. The predicted molar refractivity (Wildman–Crippen MR) is 511 cm³/mol. The van der Waals surface area contributed by atoms with Crippen molar-refractivity contribution in [1.29, 1.82) is 0 Å². The number of nitrogens with zero attached hydrogens (tertiary/aromatic N) is 2. The van der Waals surface area contributed by atoms with Crippen molar-refractivity contribution in [1.82, 2.24) is 0 Å². The zero-order chi connectivity index (χ0) is 80.9. The Morgan fingerprint density at radius 1 is 0.139 bits per heavy atom. The van der Waals surface area contributed by atoms with Gasteiger partial charge in [0, 0.05) is 39.4 Å². The van der Waals surface area contributed by atoms with Crippen molar-refractivity contribution in [3.8, 4) is 111 Å². The maximum absolute atomic E-state index is 2.54. The highest BCUT2D eigenvalue weighted by atomic mass is 15.2. The minimum atomic E-state index is -0.616. The molecule has 0 N–H and O–H groups in total. The van der Waals surface area contributed by atoms with Crippen LogP contribution in [0.3, 0.4) is 0 Å². The van der Waals surface area contributed by atoms with Gasteiger partial charge < -0.3 is 9.80 Å². The molecule has 0 unspecified atom stereocenters. The summed E-state index contributed by atoms with van der Waals surface area (Å²) in [5.41, 5.74) is 38.4. The summed E-state index contributed by atoms with van der Waals surface area (Å²) in [6.45, 7) is 0. The van der Waals surface area contributed by atoms with Crippen LogP contribution in [0, 0.1) is 0 Å². The molecular weight excluding hydrogens is 1470 g/mol. The summed E-state index contributed by atoms with van der Waals surface area (Å²) >= 11 is 0. The number of rotatable bonds is 18. The van der Waals surface area contributed by atoms with Crippen LogP contribution in [0.1, 0.15) is 44.5 Å². The predicted octanol–water partition coefficient (Wildman–Crippen LogP) is 31.8. The Hall–Kier alpha value is -15.7. The van der Waals surface area contributed by atoms with Gasteiger partial charge in [0.25, 0.3) is 0 Å². The van der Waals surface area contributed by atoms with E-state index in [2.05, 4.69) is 507 Å². The van der Waals surface area contributed by atoms with Crippen LogP contribution in [0.15, 0.2) is 497 Å². The van der Waals surface area contributed by atoms with E-state index in [-0.39, 0.29) is 0 Å².